The van der Waals surface area contributed by atoms with Gasteiger partial charge in [-0.1, -0.05) is 12.1 Å². The summed E-state index contributed by atoms with van der Waals surface area (Å²) in [6.45, 7) is 3.48. The van der Waals surface area contributed by atoms with Crippen LogP contribution in [-0.4, -0.2) is 13.0 Å². The van der Waals surface area contributed by atoms with E-state index in [1.54, 1.807) is 19.9 Å². The molecule has 0 aliphatic carbocycles. The molecule has 1 rings (SSSR count). The summed E-state index contributed by atoms with van der Waals surface area (Å²) in [7, 11) is -3.81. The van der Waals surface area contributed by atoms with Gasteiger partial charge >= 0.3 is 10.1 Å². The fourth-order valence-corrected chi connectivity index (χ4v) is 1.83. The van der Waals surface area contributed by atoms with Crippen molar-refractivity contribution in [2.24, 2.45) is 0 Å². The summed E-state index contributed by atoms with van der Waals surface area (Å²) in [6, 6.07) is 5.04. The quantitative estimate of drug-likeness (QED) is 0.608. The molecule has 0 atom stereocenters. The Kier molecular flexibility index (Phi) is 2.21. The van der Waals surface area contributed by atoms with Crippen LogP contribution in [0.1, 0.15) is 11.1 Å². The van der Waals surface area contributed by atoms with Gasteiger partial charge in [-0.25, -0.2) is 0 Å². The molecule has 2 N–H and O–H groups in total. The first-order valence-corrected chi connectivity index (χ1v) is 4.96. The summed E-state index contributed by atoms with van der Waals surface area (Å²) in [5.41, 5.74) is 1.47. The minimum atomic E-state index is -3.81. The molecule has 0 aliphatic rings. The van der Waals surface area contributed by atoms with Crippen LogP contribution in [0.3, 0.4) is 0 Å². The van der Waals surface area contributed by atoms with Gasteiger partial charge in [0.15, 0.2) is 0 Å². The lowest BCUT2D eigenvalue weighted by Crippen LogP contribution is -2.00. The molecule has 0 saturated heterocycles. The van der Waals surface area contributed by atoms with Crippen molar-refractivity contribution in [3.8, 4) is 0 Å². The Bertz CT molecular complexity index is 393. The Labute approximate surface area is 71.8 Å². The van der Waals surface area contributed by atoms with E-state index in [-0.39, 0.29) is 4.90 Å². The molecule has 0 radical (unpaired) electrons. The van der Waals surface area contributed by atoms with Gasteiger partial charge in [0, 0.05) is 0 Å². The van der Waals surface area contributed by atoms with Crippen molar-refractivity contribution in [1.29, 1.82) is 0 Å². The van der Waals surface area contributed by atoms with Crippen molar-refractivity contribution in [1.82, 2.24) is 0 Å². The van der Waals surface area contributed by atoms with Crippen molar-refractivity contribution in [3.05, 3.63) is 29.3 Å². The minimum Gasteiger partial charge on any atom is -0.329 e. The fraction of sp³-hybridized carbons (Fsp3) is 0.250. The first kappa shape index (κ1) is 9.22. The lowest BCUT2D eigenvalue weighted by Gasteiger charge is -1.99. The monoisotopic (exact) mass is 187 g/mol. The average Bonchev–Trinajstić information content (AvgIpc) is 1.92. The van der Waals surface area contributed by atoms with Gasteiger partial charge in [0.1, 0.15) is 4.90 Å². The van der Waals surface area contributed by atoms with Crippen molar-refractivity contribution in [2.75, 3.05) is 0 Å². The zero-order valence-corrected chi connectivity index (χ0v) is 7.77. The SMILES string of the molecule is Cc1ccc(C)c(S(=O)(=O)[OH2+])c1. The van der Waals surface area contributed by atoms with E-state index in [0.29, 0.717) is 5.56 Å². The highest BCUT2D eigenvalue weighted by molar-refractivity contribution is 7.85. The highest BCUT2D eigenvalue weighted by Gasteiger charge is 2.16. The zero-order chi connectivity index (χ0) is 9.35. The largest absolute Gasteiger partial charge is 0.409 e. The maximum absolute atomic E-state index is 10.9. The highest BCUT2D eigenvalue weighted by Crippen LogP contribution is 2.15. The Morgan fingerprint density at radius 3 is 2.25 bits per heavy atom. The van der Waals surface area contributed by atoms with E-state index in [0.717, 1.165) is 5.56 Å². The Hall–Kier alpha value is -0.870. The van der Waals surface area contributed by atoms with Gasteiger partial charge in [0.2, 0.25) is 0 Å². The van der Waals surface area contributed by atoms with Gasteiger partial charge < -0.3 is 4.55 Å². The van der Waals surface area contributed by atoms with Crippen molar-refractivity contribution in [3.63, 3.8) is 0 Å². The summed E-state index contributed by atoms with van der Waals surface area (Å²) in [6.07, 6.45) is 0. The third-order valence-electron chi connectivity index (χ3n) is 1.63. The highest BCUT2D eigenvalue weighted by atomic mass is 32.2. The van der Waals surface area contributed by atoms with E-state index in [2.05, 4.69) is 0 Å². The number of aryl methyl sites for hydroxylation is 2. The summed E-state index contributed by atoms with van der Waals surface area (Å²) >= 11 is 0. The Balaban J connectivity index is 3.43. The lowest BCUT2D eigenvalue weighted by molar-refractivity contribution is 0.482. The fourth-order valence-electron chi connectivity index (χ4n) is 0.997. The Morgan fingerprint density at radius 1 is 1.25 bits per heavy atom. The molecule has 12 heavy (non-hydrogen) atoms. The second-order valence-electron chi connectivity index (χ2n) is 2.77. The van der Waals surface area contributed by atoms with Crippen LogP contribution < -0.4 is 0 Å². The summed E-state index contributed by atoms with van der Waals surface area (Å²) < 4.78 is 28.6. The molecule has 0 fully saturated rings. The molecule has 4 heteroatoms. The van der Waals surface area contributed by atoms with Crippen LogP contribution in [0.2, 0.25) is 0 Å². The van der Waals surface area contributed by atoms with Crippen LogP contribution in [-0.2, 0) is 10.1 Å². The third-order valence-corrected chi connectivity index (χ3v) is 2.65. The van der Waals surface area contributed by atoms with Crippen LogP contribution in [0.25, 0.3) is 0 Å². The van der Waals surface area contributed by atoms with Crippen molar-refractivity contribution < 1.29 is 13.0 Å². The Morgan fingerprint density at radius 2 is 1.83 bits per heavy atom. The summed E-state index contributed by atoms with van der Waals surface area (Å²) in [5.74, 6) is 0. The van der Waals surface area contributed by atoms with Crippen molar-refractivity contribution in [2.45, 2.75) is 18.7 Å². The predicted octanol–water partition coefficient (Wildman–Crippen LogP) is 0.717. The third kappa shape index (κ3) is 1.84. The van der Waals surface area contributed by atoms with Gasteiger partial charge in [-0.2, -0.15) is 0 Å². The van der Waals surface area contributed by atoms with Crippen LogP contribution in [0.4, 0.5) is 0 Å². The van der Waals surface area contributed by atoms with E-state index in [1.165, 1.54) is 6.07 Å². The molecule has 0 saturated carbocycles. The van der Waals surface area contributed by atoms with Crippen LogP contribution in [0.15, 0.2) is 23.1 Å². The molecule has 0 aliphatic heterocycles. The van der Waals surface area contributed by atoms with Crippen molar-refractivity contribution >= 4 is 10.1 Å². The normalized spacial score (nSPS) is 11.6. The van der Waals surface area contributed by atoms with Gasteiger partial charge in [-0.05, 0) is 31.0 Å². The average molecular weight is 187 g/mol. The first-order valence-electron chi connectivity index (χ1n) is 3.48. The van der Waals surface area contributed by atoms with Crippen LogP contribution >= 0.6 is 0 Å². The molecule has 1 aromatic carbocycles. The second-order valence-corrected chi connectivity index (χ2v) is 4.22. The molecule has 0 bridgehead atoms. The molecule has 0 unspecified atom stereocenters. The topological polar surface area (TPSA) is 57.0 Å². The molecule has 3 nitrogen and oxygen atoms in total. The summed E-state index contributed by atoms with van der Waals surface area (Å²) in [5, 5.41) is 0. The molecular formula is C8H11O3S+. The molecular weight excluding hydrogens is 176 g/mol. The smallest absolute Gasteiger partial charge is 0.329 e. The molecule has 0 aromatic heterocycles. The zero-order valence-electron chi connectivity index (χ0n) is 6.96. The molecule has 0 heterocycles. The molecule has 0 amide bonds. The second kappa shape index (κ2) is 2.88. The van der Waals surface area contributed by atoms with Gasteiger partial charge in [-0.15, -0.1) is 8.42 Å². The minimum absolute atomic E-state index is 0.0995. The van der Waals surface area contributed by atoms with Gasteiger partial charge in [0.25, 0.3) is 0 Å². The first-order chi connectivity index (χ1) is 5.41. The number of hydrogen-bond acceptors (Lipinski definition) is 2. The standard InChI is InChI=1S/C8H10O3S/c1-6-3-4-7(2)8(5-6)12(9,10)11/h3-5H,1-2H3,(H,9,10,11)/p+1. The lowest BCUT2D eigenvalue weighted by atomic mass is 10.2. The van der Waals surface area contributed by atoms with E-state index < -0.39 is 10.1 Å². The number of benzene rings is 1. The molecule has 1 aromatic rings. The van der Waals surface area contributed by atoms with E-state index in [1.807, 2.05) is 6.07 Å². The number of rotatable bonds is 1. The molecule has 66 valence electrons. The maximum atomic E-state index is 10.9. The maximum Gasteiger partial charge on any atom is 0.409 e. The van der Waals surface area contributed by atoms with E-state index >= 15 is 0 Å². The van der Waals surface area contributed by atoms with Crippen LogP contribution in [0.5, 0.6) is 0 Å². The van der Waals surface area contributed by atoms with Gasteiger partial charge in [0.05, 0.1) is 0 Å². The number of hydrogen-bond donors (Lipinski definition) is 0. The summed E-state index contributed by atoms with van der Waals surface area (Å²) in [4.78, 5) is 0.0995. The molecule has 0 spiro atoms. The van der Waals surface area contributed by atoms with E-state index in [9.17, 15) is 8.42 Å². The van der Waals surface area contributed by atoms with Gasteiger partial charge in [-0.3, -0.25) is 0 Å². The van der Waals surface area contributed by atoms with E-state index in [4.69, 9.17) is 4.55 Å². The predicted molar refractivity (Wildman–Crippen MR) is 46.7 cm³/mol. The van der Waals surface area contributed by atoms with Crippen LogP contribution in [0, 0.1) is 13.8 Å².